The van der Waals surface area contributed by atoms with Crippen LogP contribution in [0.2, 0.25) is 0 Å². The van der Waals surface area contributed by atoms with E-state index in [9.17, 15) is 0 Å². The first-order chi connectivity index (χ1) is 9.26. The van der Waals surface area contributed by atoms with Crippen LogP contribution in [0.4, 0.5) is 5.69 Å². The molecular weight excluding hydrogens is 256 g/mol. The molecule has 19 heavy (non-hydrogen) atoms. The zero-order valence-corrected chi connectivity index (χ0v) is 12.3. The van der Waals surface area contributed by atoms with Crippen molar-refractivity contribution in [2.75, 3.05) is 11.1 Å². The average molecular weight is 276 g/mol. The van der Waals surface area contributed by atoms with Crippen molar-refractivity contribution >= 4 is 28.5 Å². The Morgan fingerprint density at radius 1 is 1.47 bits per heavy atom. The molecule has 1 N–H and O–H groups in total. The van der Waals surface area contributed by atoms with Crippen LogP contribution >= 0.6 is 11.8 Å². The molecule has 1 aliphatic heterocycles. The van der Waals surface area contributed by atoms with Crippen molar-refractivity contribution in [1.29, 1.82) is 0 Å². The topological polar surface area (TPSA) is 38.1 Å². The van der Waals surface area contributed by atoms with E-state index < -0.39 is 0 Å². The second-order valence-electron chi connectivity index (χ2n) is 5.11. The van der Waals surface area contributed by atoms with Gasteiger partial charge in [-0.05, 0) is 36.8 Å². The standard InChI is InChI=1S/C15H20N2OS/c1-3-15-17-13-9-11(6-7-14(13)18-15)16-12-5-4-8-19-10(12)2/h6-7,9-10,12,16H,3-5,8H2,1-2H3. The SMILES string of the molecule is CCc1nc2cc(NC3CCCSC3C)ccc2o1. The molecule has 0 bridgehead atoms. The summed E-state index contributed by atoms with van der Waals surface area (Å²) in [6.07, 6.45) is 3.40. The van der Waals surface area contributed by atoms with Crippen molar-refractivity contribution in [3.63, 3.8) is 0 Å². The number of aryl methyl sites for hydroxylation is 1. The molecule has 1 saturated heterocycles. The number of rotatable bonds is 3. The highest BCUT2D eigenvalue weighted by atomic mass is 32.2. The van der Waals surface area contributed by atoms with Crippen LogP contribution in [0, 0.1) is 0 Å². The highest BCUT2D eigenvalue weighted by Crippen LogP contribution is 2.28. The second-order valence-corrected chi connectivity index (χ2v) is 6.60. The van der Waals surface area contributed by atoms with Crippen LogP contribution < -0.4 is 5.32 Å². The predicted molar refractivity (Wildman–Crippen MR) is 82.0 cm³/mol. The van der Waals surface area contributed by atoms with Gasteiger partial charge in [-0.15, -0.1) is 0 Å². The van der Waals surface area contributed by atoms with Crippen molar-refractivity contribution in [3.8, 4) is 0 Å². The van der Waals surface area contributed by atoms with E-state index in [-0.39, 0.29) is 0 Å². The first-order valence-electron chi connectivity index (χ1n) is 7.04. The van der Waals surface area contributed by atoms with Gasteiger partial charge in [-0.1, -0.05) is 13.8 Å². The minimum Gasteiger partial charge on any atom is -0.441 e. The minimum absolute atomic E-state index is 0.564. The molecule has 0 saturated carbocycles. The zero-order chi connectivity index (χ0) is 13.2. The third-order valence-corrected chi connectivity index (χ3v) is 5.07. The Bertz CT molecular complexity index is 566. The first kappa shape index (κ1) is 12.9. The van der Waals surface area contributed by atoms with Crippen molar-refractivity contribution in [2.45, 2.75) is 44.4 Å². The molecule has 3 rings (SSSR count). The number of anilines is 1. The monoisotopic (exact) mass is 276 g/mol. The summed E-state index contributed by atoms with van der Waals surface area (Å²) in [7, 11) is 0. The van der Waals surface area contributed by atoms with Gasteiger partial charge in [0.25, 0.3) is 0 Å². The van der Waals surface area contributed by atoms with E-state index in [2.05, 4.69) is 48.0 Å². The fourth-order valence-electron chi connectivity index (χ4n) is 2.54. The number of nitrogens with zero attached hydrogens (tertiary/aromatic N) is 1. The summed E-state index contributed by atoms with van der Waals surface area (Å²) < 4.78 is 5.64. The lowest BCUT2D eigenvalue weighted by atomic mass is 10.1. The van der Waals surface area contributed by atoms with Crippen LogP contribution in [-0.4, -0.2) is 22.0 Å². The van der Waals surface area contributed by atoms with Crippen LogP contribution in [0.3, 0.4) is 0 Å². The molecule has 1 aromatic heterocycles. The molecular formula is C15H20N2OS. The predicted octanol–water partition coefficient (Wildman–Crippen LogP) is 4.09. The molecule has 0 spiro atoms. The van der Waals surface area contributed by atoms with Gasteiger partial charge in [-0.3, -0.25) is 0 Å². The lowest BCUT2D eigenvalue weighted by Crippen LogP contribution is -2.32. The number of fused-ring (bicyclic) bond motifs is 1. The Kier molecular flexibility index (Phi) is 3.69. The molecule has 1 fully saturated rings. The first-order valence-corrected chi connectivity index (χ1v) is 8.08. The molecule has 2 unspecified atom stereocenters. The van der Waals surface area contributed by atoms with Crippen molar-refractivity contribution in [2.24, 2.45) is 0 Å². The van der Waals surface area contributed by atoms with Gasteiger partial charge in [-0.25, -0.2) is 4.98 Å². The molecule has 0 radical (unpaired) electrons. The number of thioether (sulfide) groups is 1. The number of nitrogens with one attached hydrogen (secondary N) is 1. The highest BCUT2D eigenvalue weighted by molar-refractivity contribution is 8.00. The normalized spacial score (nSPS) is 23.7. The Balaban J connectivity index is 1.80. The lowest BCUT2D eigenvalue weighted by molar-refractivity contribution is 0.538. The van der Waals surface area contributed by atoms with Gasteiger partial charge in [0, 0.05) is 23.4 Å². The summed E-state index contributed by atoms with van der Waals surface area (Å²) in [6.45, 7) is 4.37. The third kappa shape index (κ3) is 2.73. The summed E-state index contributed by atoms with van der Waals surface area (Å²) in [5, 5.41) is 4.32. The van der Waals surface area contributed by atoms with E-state index in [1.54, 1.807) is 0 Å². The Morgan fingerprint density at radius 2 is 2.37 bits per heavy atom. The second kappa shape index (κ2) is 5.45. The van der Waals surface area contributed by atoms with Gasteiger partial charge in [0.1, 0.15) is 5.52 Å². The van der Waals surface area contributed by atoms with Gasteiger partial charge >= 0.3 is 0 Å². The van der Waals surface area contributed by atoms with Gasteiger partial charge in [0.2, 0.25) is 0 Å². The van der Waals surface area contributed by atoms with E-state index in [4.69, 9.17) is 4.42 Å². The molecule has 0 amide bonds. The maximum Gasteiger partial charge on any atom is 0.195 e. The molecule has 2 aromatic rings. The van der Waals surface area contributed by atoms with E-state index in [1.165, 1.54) is 18.6 Å². The van der Waals surface area contributed by atoms with E-state index >= 15 is 0 Å². The molecule has 102 valence electrons. The summed E-state index contributed by atoms with van der Waals surface area (Å²) in [6, 6.07) is 6.78. The lowest BCUT2D eigenvalue weighted by Gasteiger charge is -2.29. The van der Waals surface area contributed by atoms with Crippen LogP contribution in [0.15, 0.2) is 22.6 Å². The van der Waals surface area contributed by atoms with Gasteiger partial charge < -0.3 is 9.73 Å². The Hall–Kier alpha value is -1.16. The molecule has 1 aromatic carbocycles. The van der Waals surface area contributed by atoms with E-state index in [0.29, 0.717) is 11.3 Å². The van der Waals surface area contributed by atoms with Crippen LogP contribution in [-0.2, 0) is 6.42 Å². The summed E-state index contributed by atoms with van der Waals surface area (Å²) in [5.74, 6) is 2.11. The zero-order valence-electron chi connectivity index (χ0n) is 11.5. The Morgan fingerprint density at radius 3 is 3.16 bits per heavy atom. The molecule has 4 heteroatoms. The van der Waals surface area contributed by atoms with E-state index in [0.717, 1.165) is 29.1 Å². The van der Waals surface area contributed by atoms with Gasteiger partial charge in [0.15, 0.2) is 11.5 Å². The smallest absolute Gasteiger partial charge is 0.195 e. The quantitative estimate of drug-likeness (QED) is 0.916. The molecule has 1 aliphatic rings. The van der Waals surface area contributed by atoms with Crippen molar-refractivity contribution in [3.05, 3.63) is 24.1 Å². The summed E-state index contributed by atoms with van der Waals surface area (Å²) in [4.78, 5) is 4.49. The third-order valence-electron chi connectivity index (χ3n) is 3.69. The maximum atomic E-state index is 5.64. The summed E-state index contributed by atoms with van der Waals surface area (Å²) in [5.41, 5.74) is 2.99. The van der Waals surface area contributed by atoms with Crippen LogP contribution in [0.1, 0.15) is 32.6 Å². The minimum atomic E-state index is 0.564. The van der Waals surface area contributed by atoms with Gasteiger partial charge in [0.05, 0.1) is 0 Å². The number of hydrogen-bond donors (Lipinski definition) is 1. The number of aromatic nitrogens is 1. The van der Waals surface area contributed by atoms with Crippen molar-refractivity contribution < 1.29 is 4.42 Å². The average Bonchev–Trinajstić information content (AvgIpc) is 2.83. The Labute approximate surface area is 118 Å². The summed E-state index contributed by atoms with van der Waals surface area (Å²) >= 11 is 2.06. The number of oxazole rings is 1. The highest BCUT2D eigenvalue weighted by Gasteiger charge is 2.21. The van der Waals surface area contributed by atoms with E-state index in [1.807, 2.05) is 6.07 Å². The maximum absolute atomic E-state index is 5.64. The number of benzene rings is 1. The van der Waals surface area contributed by atoms with Crippen LogP contribution in [0.25, 0.3) is 11.1 Å². The molecule has 3 nitrogen and oxygen atoms in total. The van der Waals surface area contributed by atoms with Crippen molar-refractivity contribution in [1.82, 2.24) is 4.98 Å². The fourth-order valence-corrected chi connectivity index (χ4v) is 3.68. The molecule has 2 heterocycles. The number of hydrogen-bond acceptors (Lipinski definition) is 4. The van der Waals surface area contributed by atoms with Gasteiger partial charge in [-0.2, -0.15) is 11.8 Å². The fraction of sp³-hybridized carbons (Fsp3) is 0.533. The largest absolute Gasteiger partial charge is 0.441 e. The molecule has 2 atom stereocenters. The van der Waals surface area contributed by atoms with Crippen LogP contribution in [0.5, 0.6) is 0 Å². The molecule has 0 aliphatic carbocycles.